The molecule has 0 spiro atoms. The van der Waals surface area contributed by atoms with E-state index in [1.165, 1.54) is 5.56 Å². The molecule has 3 heteroatoms. The van der Waals surface area contributed by atoms with Crippen molar-refractivity contribution in [3.8, 4) is 5.75 Å². The Morgan fingerprint density at radius 2 is 1.74 bits per heavy atom. The minimum absolute atomic E-state index is 0.166. The highest BCUT2D eigenvalue weighted by Crippen LogP contribution is 2.36. The molecule has 0 amide bonds. The molecule has 0 radical (unpaired) electrons. The second kappa shape index (κ2) is 5.98. The van der Waals surface area contributed by atoms with Gasteiger partial charge in [-0.3, -0.25) is 0 Å². The van der Waals surface area contributed by atoms with E-state index in [1.807, 2.05) is 18.2 Å². The quantitative estimate of drug-likeness (QED) is 0.680. The Hall–Kier alpha value is -0.990. The highest BCUT2D eigenvalue weighted by Gasteiger charge is 2.16. The predicted octanol–water partition coefficient (Wildman–Crippen LogP) is 5.40. The first-order valence-corrected chi connectivity index (χ1v) is 7.30. The summed E-state index contributed by atoms with van der Waals surface area (Å²) in [7, 11) is 1.67. The maximum absolute atomic E-state index is 6.62. The molecule has 0 saturated heterocycles. The molecule has 0 N–H and O–H groups in total. The first-order chi connectivity index (χ1) is 9.02. The minimum Gasteiger partial charge on any atom is -0.497 e. The maximum atomic E-state index is 6.62. The van der Waals surface area contributed by atoms with Gasteiger partial charge >= 0.3 is 0 Å². The van der Waals surface area contributed by atoms with E-state index in [-0.39, 0.29) is 5.38 Å². The molecule has 1 nitrogen and oxygen atoms in total. The van der Waals surface area contributed by atoms with Crippen LogP contribution in [0.4, 0.5) is 0 Å². The van der Waals surface area contributed by atoms with E-state index in [0.29, 0.717) is 0 Å². The van der Waals surface area contributed by atoms with Crippen molar-refractivity contribution in [1.29, 1.82) is 0 Å². The van der Waals surface area contributed by atoms with Crippen LogP contribution in [0.1, 0.15) is 27.6 Å². The molecule has 2 rings (SSSR count). The zero-order valence-corrected chi connectivity index (χ0v) is 13.5. The molecule has 0 aromatic heterocycles. The van der Waals surface area contributed by atoms with E-state index in [0.717, 1.165) is 26.9 Å². The minimum atomic E-state index is -0.166. The Morgan fingerprint density at radius 1 is 1.05 bits per heavy atom. The van der Waals surface area contributed by atoms with E-state index in [2.05, 4.69) is 48.0 Å². The van der Waals surface area contributed by atoms with Crippen LogP contribution in [0.2, 0.25) is 0 Å². The van der Waals surface area contributed by atoms with Gasteiger partial charge in [0.15, 0.2) is 0 Å². The third-order valence-electron chi connectivity index (χ3n) is 3.18. The van der Waals surface area contributed by atoms with Crippen LogP contribution >= 0.6 is 27.5 Å². The summed E-state index contributed by atoms with van der Waals surface area (Å²) in [6.45, 7) is 4.12. The Labute approximate surface area is 127 Å². The van der Waals surface area contributed by atoms with Crippen LogP contribution in [0, 0.1) is 13.8 Å². The molecule has 2 aromatic carbocycles. The number of alkyl halides is 1. The van der Waals surface area contributed by atoms with Crippen molar-refractivity contribution in [2.45, 2.75) is 19.2 Å². The van der Waals surface area contributed by atoms with Gasteiger partial charge < -0.3 is 4.74 Å². The van der Waals surface area contributed by atoms with E-state index in [4.69, 9.17) is 16.3 Å². The molecule has 0 aliphatic rings. The Balaban J connectivity index is 2.41. The Bertz CT molecular complexity index is 595. The normalized spacial score (nSPS) is 12.3. The zero-order valence-electron chi connectivity index (χ0n) is 11.2. The van der Waals surface area contributed by atoms with E-state index < -0.39 is 0 Å². The molecular weight excluding hydrogens is 324 g/mol. The summed E-state index contributed by atoms with van der Waals surface area (Å²) in [6, 6.07) is 12.2. The van der Waals surface area contributed by atoms with Crippen molar-refractivity contribution in [2.75, 3.05) is 7.11 Å². The molecule has 0 aliphatic heterocycles. The third kappa shape index (κ3) is 3.13. The highest BCUT2D eigenvalue weighted by molar-refractivity contribution is 9.10. The van der Waals surface area contributed by atoms with Crippen molar-refractivity contribution in [3.63, 3.8) is 0 Å². The monoisotopic (exact) mass is 338 g/mol. The zero-order chi connectivity index (χ0) is 14.0. The average Bonchev–Trinajstić information content (AvgIpc) is 2.37. The molecule has 2 aromatic rings. The smallest absolute Gasteiger partial charge is 0.119 e. The van der Waals surface area contributed by atoms with Crippen LogP contribution < -0.4 is 4.74 Å². The van der Waals surface area contributed by atoms with Crippen molar-refractivity contribution in [2.24, 2.45) is 0 Å². The molecule has 0 bridgehead atoms. The van der Waals surface area contributed by atoms with Crippen molar-refractivity contribution in [1.82, 2.24) is 0 Å². The topological polar surface area (TPSA) is 9.23 Å². The summed E-state index contributed by atoms with van der Waals surface area (Å²) in [5.74, 6) is 0.855. The Morgan fingerprint density at radius 3 is 2.32 bits per heavy atom. The number of rotatable bonds is 3. The van der Waals surface area contributed by atoms with Crippen LogP contribution in [0.25, 0.3) is 0 Å². The predicted molar refractivity (Wildman–Crippen MR) is 84.3 cm³/mol. The number of halogens is 2. The molecule has 19 heavy (non-hydrogen) atoms. The first-order valence-electron chi connectivity index (χ1n) is 6.07. The first kappa shape index (κ1) is 14.4. The number of methoxy groups -OCH3 is 1. The van der Waals surface area contributed by atoms with Crippen molar-refractivity contribution in [3.05, 3.63) is 63.1 Å². The lowest BCUT2D eigenvalue weighted by Crippen LogP contribution is -1.98. The summed E-state index contributed by atoms with van der Waals surface area (Å²) >= 11 is 10.2. The molecular formula is C16H16BrClO. The average molecular weight is 340 g/mol. The summed E-state index contributed by atoms with van der Waals surface area (Å²) in [5.41, 5.74) is 4.53. The number of aryl methyl sites for hydroxylation is 2. The number of hydrogen-bond acceptors (Lipinski definition) is 1. The fraction of sp³-hybridized carbons (Fsp3) is 0.250. The molecule has 0 saturated carbocycles. The SMILES string of the molecule is COc1ccc(C(Cl)c2ccc(C)cc2Br)c(C)c1. The van der Waals surface area contributed by atoms with Gasteiger partial charge in [-0.25, -0.2) is 0 Å². The second-order valence-corrected chi connectivity index (χ2v) is 5.90. The van der Waals surface area contributed by atoms with Gasteiger partial charge in [0.1, 0.15) is 5.75 Å². The lowest BCUT2D eigenvalue weighted by atomic mass is 9.99. The number of benzene rings is 2. The molecule has 0 aliphatic carbocycles. The van der Waals surface area contributed by atoms with Crippen molar-refractivity contribution >= 4 is 27.5 Å². The van der Waals surface area contributed by atoms with Crippen LogP contribution in [0.3, 0.4) is 0 Å². The third-order valence-corrected chi connectivity index (χ3v) is 4.34. The van der Waals surface area contributed by atoms with Crippen LogP contribution in [-0.2, 0) is 0 Å². The van der Waals surface area contributed by atoms with Gasteiger partial charge in [-0.1, -0.05) is 34.1 Å². The summed E-state index contributed by atoms with van der Waals surface area (Å²) in [6.07, 6.45) is 0. The highest BCUT2D eigenvalue weighted by atomic mass is 79.9. The maximum Gasteiger partial charge on any atom is 0.119 e. The van der Waals surface area contributed by atoms with E-state index >= 15 is 0 Å². The van der Waals surface area contributed by atoms with Crippen LogP contribution in [0.5, 0.6) is 5.75 Å². The van der Waals surface area contributed by atoms with Gasteiger partial charge in [0.05, 0.1) is 12.5 Å². The van der Waals surface area contributed by atoms with Crippen LogP contribution in [0.15, 0.2) is 40.9 Å². The summed E-state index contributed by atoms with van der Waals surface area (Å²) in [5, 5.41) is -0.166. The van der Waals surface area contributed by atoms with Gasteiger partial charge in [0.2, 0.25) is 0 Å². The summed E-state index contributed by atoms with van der Waals surface area (Å²) < 4.78 is 6.27. The molecule has 1 atom stereocenters. The number of hydrogen-bond donors (Lipinski definition) is 0. The lowest BCUT2D eigenvalue weighted by molar-refractivity contribution is 0.414. The largest absolute Gasteiger partial charge is 0.497 e. The fourth-order valence-corrected chi connectivity index (χ4v) is 3.35. The van der Waals surface area contributed by atoms with E-state index in [1.54, 1.807) is 7.11 Å². The fourth-order valence-electron chi connectivity index (χ4n) is 2.06. The lowest BCUT2D eigenvalue weighted by Gasteiger charge is -2.16. The van der Waals surface area contributed by atoms with Crippen molar-refractivity contribution < 1.29 is 4.74 Å². The van der Waals surface area contributed by atoms with Gasteiger partial charge in [0.25, 0.3) is 0 Å². The second-order valence-electron chi connectivity index (χ2n) is 4.61. The van der Waals surface area contributed by atoms with Gasteiger partial charge in [-0.2, -0.15) is 0 Å². The molecule has 0 heterocycles. The van der Waals surface area contributed by atoms with Gasteiger partial charge in [-0.15, -0.1) is 11.6 Å². The summed E-state index contributed by atoms with van der Waals surface area (Å²) in [4.78, 5) is 0. The standard InChI is InChI=1S/C16H16BrClO/c1-10-4-6-14(15(17)8-10)16(18)13-7-5-12(19-3)9-11(13)2/h4-9,16H,1-3H3. The van der Waals surface area contributed by atoms with Gasteiger partial charge in [-0.05, 0) is 54.3 Å². The Kier molecular flexibility index (Phi) is 4.54. The van der Waals surface area contributed by atoms with Gasteiger partial charge in [0, 0.05) is 4.47 Å². The molecule has 0 fully saturated rings. The van der Waals surface area contributed by atoms with Crippen LogP contribution in [-0.4, -0.2) is 7.11 Å². The molecule has 1 unspecified atom stereocenters. The number of ether oxygens (including phenoxy) is 1. The molecule has 100 valence electrons. The van der Waals surface area contributed by atoms with E-state index in [9.17, 15) is 0 Å².